The van der Waals surface area contributed by atoms with Crippen molar-refractivity contribution in [1.29, 1.82) is 0 Å². The number of aromatic nitrogens is 2. The largest absolute Gasteiger partial charge is 0.338 e. The van der Waals surface area contributed by atoms with E-state index in [1.807, 2.05) is 12.3 Å². The quantitative estimate of drug-likeness (QED) is 0.818. The molecule has 4 heteroatoms. The molecule has 1 saturated heterocycles. The second kappa shape index (κ2) is 4.78. The Labute approximate surface area is 97.1 Å². The van der Waals surface area contributed by atoms with Crippen LogP contribution in [0.2, 0.25) is 0 Å². The summed E-state index contributed by atoms with van der Waals surface area (Å²) in [4.78, 5) is 11.2. The monoisotopic (exact) mass is 220 g/mol. The van der Waals surface area contributed by atoms with Crippen molar-refractivity contribution >= 4 is 5.95 Å². The van der Waals surface area contributed by atoms with Gasteiger partial charge in [-0.25, -0.2) is 9.97 Å². The molecule has 16 heavy (non-hydrogen) atoms. The number of piperazine rings is 1. The third-order valence-electron chi connectivity index (χ3n) is 2.91. The van der Waals surface area contributed by atoms with Crippen molar-refractivity contribution in [3.05, 3.63) is 18.0 Å². The molecule has 1 atom stereocenters. The highest BCUT2D eigenvalue weighted by atomic mass is 15.3. The topological polar surface area (TPSA) is 41.1 Å². The maximum absolute atomic E-state index is 4.62. The maximum atomic E-state index is 4.62. The van der Waals surface area contributed by atoms with E-state index in [1.165, 1.54) is 0 Å². The molecule has 2 rings (SSSR count). The first-order valence-corrected chi connectivity index (χ1v) is 5.98. The summed E-state index contributed by atoms with van der Waals surface area (Å²) in [6.45, 7) is 9.50. The zero-order valence-electron chi connectivity index (χ0n) is 10.3. The minimum atomic E-state index is 0.460. The molecule has 0 bridgehead atoms. The van der Waals surface area contributed by atoms with Crippen molar-refractivity contribution in [2.24, 2.45) is 0 Å². The molecule has 4 nitrogen and oxygen atoms in total. The highest BCUT2D eigenvalue weighted by Crippen LogP contribution is 2.15. The summed E-state index contributed by atoms with van der Waals surface area (Å²) in [5.74, 6) is 1.33. The van der Waals surface area contributed by atoms with Gasteiger partial charge in [0.15, 0.2) is 0 Å². The third kappa shape index (κ3) is 2.50. The molecular formula is C12H20N4. The van der Waals surface area contributed by atoms with Gasteiger partial charge in [0.25, 0.3) is 0 Å². The number of hydrogen-bond donors (Lipinski definition) is 1. The molecule has 0 spiro atoms. The van der Waals surface area contributed by atoms with E-state index in [0.717, 1.165) is 31.3 Å². The summed E-state index contributed by atoms with van der Waals surface area (Å²) in [6, 6.07) is 2.51. The van der Waals surface area contributed by atoms with Crippen LogP contribution in [-0.2, 0) is 0 Å². The normalized spacial score (nSPS) is 21.5. The van der Waals surface area contributed by atoms with Crippen LogP contribution in [0.1, 0.15) is 32.4 Å². The fourth-order valence-electron chi connectivity index (χ4n) is 1.95. The second-order valence-electron chi connectivity index (χ2n) is 4.74. The third-order valence-corrected chi connectivity index (χ3v) is 2.91. The SMILES string of the molecule is CC1CN(c2nccc(C(C)C)n2)CCN1. The average molecular weight is 220 g/mol. The number of nitrogens with zero attached hydrogens (tertiary/aromatic N) is 3. The lowest BCUT2D eigenvalue weighted by molar-refractivity contribution is 0.479. The van der Waals surface area contributed by atoms with Gasteiger partial charge in [-0.3, -0.25) is 0 Å². The highest BCUT2D eigenvalue weighted by Gasteiger charge is 2.18. The molecule has 0 amide bonds. The van der Waals surface area contributed by atoms with E-state index in [1.54, 1.807) is 0 Å². The summed E-state index contributed by atoms with van der Waals surface area (Å²) >= 11 is 0. The second-order valence-corrected chi connectivity index (χ2v) is 4.74. The minimum absolute atomic E-state index is 0.460. The summed E-state index contributed by atoms with van der Waals surface area (Å²) < 4.78 is 0. The predicted molar refractivity (Wildman–Crippen MR) is 65.8 cm³/mol. The first kappa shape index (κ1) is 11.3. The first-order chi connectivity index (χ1) is 7.66. The number of rotatable bonds is 2. The Bertz CT molecular complexity index is 351. The van der Waals surface area contributed by atoms with Crippen LogP contribution < -0.4 is 10.2 Å². The lowest BCUT2D eigenvalue weighted by Crippen LogP contribution is -2.49. The standard InChI is InChI=1S/C12H20N4/c1-9(2)11-4-5-14-12(15-11)16-7-6-13-10(3)8-16/h4-5,9-10,13H,6-8H2,1-3H3. The van der Waals surface area contributed by atoms with Crippen molar-refractivity contribution in [2.45, 2.75) is 32.7 Å². The molecular weight excluding hydrogens is 200 g/mol. The fourth-order valence-corrected chi connectivity index (χ4v) is 1.95. The molecule has 0 aromatic carbocycles. The summed E-state index contributed by atoms with van der Waals surface area (Å²) in [6.07, 6.45) is 1.87. The Kier molecular flexibility index (Phi) is 3.39. The van der Waals surface area contributed by atoms with Crippen LogP contribution in [0, 0.1) is 0 Å². The van der Waals surface area contributed by atoms with Gasteiger partial charge in [-0.1, -0.05) is 13.8 Å². The predicted octanol–water partition coefficient (Wildman–Crippen LogP) is 1.40. The van der Waals surface area contributed by atoms with Gasteiger partial charge in [0, 0.05) is 37.6 Å². The van der Waals surface area contributed by atoms with Crippen molar-refractivity contribution < 1.29 is 0 Å². The van der Waals surface area contributed by atoms with Gasteiger partial charge < -0.3 is 10.2 Å². The Morgan fingerprint density at radius 2 is 2.31 bits per heavy atom. The van der Waals surface area contributed by atoms with E-state index in [2.05, 4.69) is 41.0 Å². The Morgan fingerprint density at radius 1 is 1.50 bits per heavy atom. The van der Waals surface area contributed by atoms with Crippen molar-refractivity contribution in [3.8, 4) is 0 Å². The van der Waals surface area contributed by atoms with Gasteiger partial charge in [-0.2, -0.15) is 0 Å². The lowest BCUT2D eigenvalue weighted by atomic mass is 10.1. The molecule has 1 aliphatic rings. The average Bonchev–Trinajstić information content (AvgIpc) is 2.29. The van der Waals surface area contributed by atoms with E-state index >= 15 is 0 Å². The van der Waals surface area contributed by atoms with Crippen LogP contribution in [0.5, 0.6) is 0 Å². The van der Waals surface area contributed by atoms with Crippen LogP contribution in [0.25, 0.3) is 0 Å². The lowest BCUT2D eigenvalue weighted by Gasteiger charge is -2.32. The zero-order chi connectivity index (χ0) is 11.5. The van der Waals surface area contributed by atoms with Crippen molar-refractivity contribution in [3.63, 3.8) is 0 Å². The molecule has 0 aliphatic carbocycles. The van der Waals surface area contributed by atoms with Crippen LogP contribution in [0.3, 0.4) is 0 Å². The Hall–Kier alpha value is -1.16. The number of anilines is 1. The summed E-state index contributed by atoms with van der Waals surface area (Å²) in [5.41, 5.74) is 1.12. The van der Waals surface area contributed by atoms with Crippen LogP contribution in [-0.4, -0.2) is 35.6 Å². The van der Waals surface area contributed by atoms with Crippen LogP contribution in [0.4, 0.5) is 5.95 Å². The molecule has 1 aromatic rings. The van der Waals surface area contributed by atoms with E-state index in [9.17, 15) is 0 Å². The molecule has 88 valence electrons. The van der Waals surface area contributed by atoms with E-state index in [0.29, 0.717) is 12.0 Å². The number of hydrogen-bond acceptors (Lipinski definition) is 4. The smallest absolute Gasteiger partial charge is 0.225 e. The number of nitrogens with one attached hydrogen (secondary N) is 1. The van der Waals surface area contributed by atoms with Gasteiger partial charge in [0.05, 0.1) is 0 Å². The molecule has 2 heterocycles. The highest BCUT2D eigenvalue weighted by molar-refractivity contribution is 5.32. The molecule has 1 fully saturated rings. The molecule has 0 radical (unpaired) electrons. The van der Waals surface area contributed by atoms with E-state index < -0.39 is 0 Å². The molecule has 1 aromatic heterocycles. The minimum Gasteiger partial charge on any atom is -0.338 e. The van der Waals surface area contributed by atoms with Gasteiger partial charge in [0.1, 0.15) is 0 Å². The Morgan fingerprint density at radius 3 is 3.00 bits per heavy atom. The maximum Gasteiger partial charge on any atom is 0.225 e. The van der Waals surface area contributed by atoms with Gasteiger partial charge in [0.2, 0.25) is 5.95 Å². The molecule has 1 N–H and O–H groups in total. The van der Waals surface area contributed by atoms with Crippen LogP contribution in [0.15, 0.2) is 12.3 Å². The summed E-state index contributed by atoms with van der Waals surface area (Å²) in [7, 11) is 0. The van der Waals surface area contributed by atoms with Crippen molar-refractivity contribution in [2.75, 3.05) is 24.5 Å². The van der Waals surface area contributed by atoms with Gasteiger partial charge in [-0.15, -0.1) is 0 Å². The van der Waals surface area contributed by atoms with Gasteiger partial charge >= 0.3 is 0 Å². The first-order valence-electron chi connectivity index (χ1n) is 5.98. The molecule has 1 aliphatic heterocycles. The van der Waals surface area contributed by atoms with E-state index in [-0.39, 0.29) is 0 Å². The van der Waals surface area contributed by atoms with Crippen molar-refractivity contribution in [1.82, 2.24) is 15.3 Å². The zero-order valence-corrected chi connectivity index (χ0v) is 10.3. The van der Waals surface area contributed by atoms with Crippen LogP contribution >= 0.6 is 0 Å². The Balaban J connectivity index is 2.16. The summed E-state index contributed by atoms with van der Waals surface area (Å²) in [5, 5.41) is 3.42. The van der Waals surface area contributed by atoms with Gasteiger partial charge in [-0.05, 0) is 18.9 Å². The molecule has 1 unspecified atom stereocenters. The fraction of sp³-hybridized carbons (Fsp3) is 0.667. The molecule has 0 saturated carbocycles. The van der Waals surface area contributed by atoms with E-state index in [4.69, 9.17) is 0 Å².